The molecule has 20 heteroatoms. The Balaban J connectivity index is -0.000000603. The Morgan fingerprint density at radius 3 is 0.960 bits per heavy atom. The summed E-state index contributed by atoms with van der Waals surface area (Å²) in [6, 6.07) is 7.60. The summed E-state index contributed by atoms with van der Waals surface area (Å²) in [4.78, 5) is 89.1. The van der Waals surface area contributed by atoms with E-state index in [1.165, 1.54) is 0 Å². The van der Waals surface area contributed by atoms with Crippen molar-refractivity contribution in [3.05, 3.63) is 60.2 Å². The van der Waals surface area contributed by atoms with E-state index in [-0.39, 0.29) is 12.1 Å². The molecular weight excluding hydrogens is 668 g/mol. The Morgan fingerprint density at radius 2 is 0.760 bits per heavy atom. The van der Waals surface area contributed by atoms with Crippen molar-refractivity contribution in [1.29, 1.82) is 0 Å². The first-order valence-electron chi connectivity index (χ1n) is 14.5. The number of unbranched alkanes of at least 4 members (excludes halogenated alkanes) is 2. The fourth-order valence-electron chi connectivity index (χ4n) is 2.68. The molecule has 4 amide bonds. The van der Waals surface area contributed by atoms with Gasteiger partial charge in [-0.25, -0.2) is 38.4 Å². The molecular formula is C30H44N6O14. The van der Waals surface area contributed by atoms with Crippen LogP contribution in [0.2, 0.25) is 0 Å². The number of hydrogen-bond donors (Lipinski definition) is 8. The SMILES string of the molecule is CCCCNC(=O)N(C)Cc1ccncc1.CCCCNC(=O)N(C)Cc1ccncc1.O=C(O)C(=O)O.O=C(O)C(=O)O.O=C(O)C(=O)O. The second-order valence-electron chi connectivity index (χ2n) is 9.42. The summed E-state index contributed by atoms with van der Waals surface area (Å²) >= 11 is 0. The largest absolute Gasteiger partial charge is 0.473 e. The predicted molar refractivity (Wildman–Crippen MR) is 174 cm³/mol. The number of nitrogens with one attached hydrogen (secondary N) is 2. The van der Waals surface area contributed by atoms with Gasteiger partial charge in [0, 0.05) is 65.1 Å². The van der Waals surface area contributed by atoms with Crippen molar-refractivity contribution in [2.24, 2.45) is 0 Å². The Morgan fingerprint density at radius 1 is 0.520 bits per heavy atom. The van der Waals surface area contributed by atoms with Gasteiger partial charge in [0.2, 0.25) is 0 Å². The van der Waals surface area contributed by atoms with E-state index in [2.05, 4.69) is 34.4 Å². The lowest BCUT2D eigenvalue weighted by Gasteiger charge is -2.17. The fourth-order valence-corrected chi connectivity index (χ4v) is 2.68. The van der Waals surface area contributed by atoms with E-state index in [4.69, 9.17) is 59.4 Å². The summed E-state index contributed by atoms with van der Waals surface area (Å²) in [7, 11) is 3.59. The summed E-state index contributed by atoms with van der Waals surface area (Å²) < 4.78 is 0. The minimum Gasteiger partial charge on any atom is -0.473 e. The Bertz CT molecular complexity index is 1170. The normalized spacial score (nSPS) is 8.96. The van der Waals surface area contributed by atoms with Gasteiger partial charge in [0.05, 0.1) is 0 Å². The topological polar surface area (TPSA) is 314 Å². The number of nitrogens with zero attached hydrogens (tertiary/aromatic N) is 4. The molecule has 0 atom stereocenters. The second kappa shape index (κ2) is 30.0. The average molecular weight is 713 g/mol. The van der Waals surface area contributed by atoms with E-state index < -0.39 is 35.8 Å². The molecule has 0 radical (unpaired) electrons. The molecule has 2 aromatic heterocycles. The summed E-state index contributed by atoms with van der Waals surface area (Å²) in [5, 5.41) is 50.1. The van der Waals surface area contributed by atoms with Crippen LogP contribution in [-0.4, -0.2) is 125 Å². The third-order valence-electron chi connectivity index (χ3n) is 5.19. The van der Waals surface area contributed by atoms with Crippen LogP contribution >= 0.6 is 0 Å². The summed E-state index contributed by atoms with van der Waals surface area (Å²) in [5.74, 6) is -10.9. The molecule has 0 fully saturated rings. The lowest BCUT2D eigenvalue weighted by atomic mass is 10.2. The van der Waals surface area contributed by atoms with Gasteiger partial charge in [-0.05, 0) is 48.2 Å². The number of carbonyl (C=O) groups is 8. The van der Waals surface area contributed by atoms with Gasteiger partial charge in [0.15, 0.2) is 0 Å². The van der Waals surface area contributed by atoms with Crippen LogP contribution < -0.4 is 10.6 Å². The number of carbonyl (C=O) groups excluding carboxylic acids is 2. The molecule has 20 nitrogen and oxygen atoms in total. The van der Waals surface area contributed by atoms with Gasteiger partial charge in [-0.2, -0.15) is 0 Å². The fraction of sp³-hybridized carbons (Fsp3) is 0.400. The van der Waals surface area contributed by atoms with Gasteiger partial charge in [-0.1, -0.05) is 26.7 Å². The van der Waals surface area contributed by atoms with Gasteiger partial charge in [0.25, 0.3) is 0 Å². The van der Waals surface area contributed by atoms with Crippen LogP contribution in [0.4, 0.5) is 9.59 Å². The highest BCUT2D eigenvalue weighted by Gasteiger charge is 2.09. The summed E-state index contributed by atoms with van der Waals surface area (Å²) in [6.45, 7) is 6.92. The minimum absolute atomic E-state index is 0.0229. The first-order valence-corrected chi connectivity index (χ1v) is 14.5. The van der Waals surface area contributed by atoms with Gasteiger partial charge in [0.1, 0.15) is 0 Å². The van der Waals surface area contributed by atoms with Crippen molar-refractivity contribution in [3.63, 3.8) is 0 Å². The molecule has 0 unspecified atom stereocenters. The van der Waals surface area contributed by atoms with Crippen LogP contribution in [0.3, 0.4) is 0 Å². The maximum Gasteiger partial charge on any atom is 0.414 e. The molecule has 8 N–H and O–H groups in total. The predicted octanol–water partition coefficient (Wildman–Crippen LogP) is 1.51. The molecule has 0 aliphatic carbocycles. The van der Waals surface area contributed by atoms with E-state index in [0.29, 0.717) is 13.1 Å². The quantitative estimate of drug-likeness (QED) is 0.128. The molecule has 0 aliphatic heterocycles. The van der Waals surface area contributed by atoms with E-state index in [1.54, 1.807) is 48.7 Å². The second-order valence-corrected chi connectivity index (χ2v) is 9.42. The first-order chi connectivity index (χ1) is 23.4. The molecule has 278 valence electrons. The van der Waals surface area contributed by atoms with Crippen molar-refractivity contribution >= 4 is 47.9 Å². The van der Waals surface area contributed by atoms with E-state index in [1.807, 2.05) is 24.3 Å². The van der Waals surface area contributed by atoms with Crippen molar-refractivity contribution < 1.29 is 69.0 Å². The zero-order valence-electron chi connectivity index (χ0n) is 28.0. The number of hydrogen-bond acceptors (Lipinski definition) is 10. The highest BCUT2D eigenvalue weighted by molar-refractivity contribution is 6.28. The Labute approximate surface area is 287 Å². The van der Waals surface area contributed by atoms with E-state index >= 15 is 0 Å². The molecule has 0 saturated heterocycles. The number of rotatable bonds is 10. The third kappa shape index (κ3) is 30.3. The van der Waals surface area contributed by atoms with Crippen LogP contribution in [0.1, 0.15) is 50.7 Å². The molecule has 2 aromatic rings. The maximum atomic E-state index is 11.6. The number of urea groups is 2. The van der Waals surface area contributed by atoms with Crippen molar-refractivity contribution in [2.75, 3.05) is 27.2 Å². The molecule has 50 heavy (non-hydrogen) atoms. The molecule has 0 aliphatic rings. The van der Waals surface area contributed by atoms with Gasteiger partial charge in [-0.3, -0.25) is 9.97 Å². The summed E-state index contributed by atoms with van der Waals surface area (Å²) in [5.41, 5.74) is 2.17. The number of carboxylic acid groups (broad SMARTS) is 6. The zero-order valence-corrected chi connectivity index (χ0v) is 28.0. The van der Waals surface area contributed by atoms with Crippen molar-refractivity contribution in [3.8, 4) is 0 Å². The van der Waals surface area contributed by atoms with Crippen LogP contribution in [0.25, 0.3) is 0 Å². The van der Waals surface area contributed by atoms with E-state index in [9.17, 15) is 9.59 Å². The van der Waals surface area contributed by atoms with Gasteiger partial charge in [-0.15, -0.1) is 0 Å². The molecule has 2 heterocycles. The Hall–Kier alpha value is -6.34. The lowest BCUT2D eigenvalue weighted by Crippen LogP contribution is -2.37. The highest BCUT2D eigenvalue weighted by Crippen LogP contribution is 2.02. The molecule has 0 spiro atoms. The molecule has 0 saturated carbocycles. The monoisotopic (exact) mass is 712 g/mol. The zero-order chi connectivity index (χ0) is 39.1. The number of pyridine rings is 2. The highest BCUT2D eigenvalue weighted by atomic mass is 16.5. The standard InChI is InChI=1S/2C12H19N3O.3C2H2O4/c2*1-3-4-7-14-12(16)15(2)10-11-5-8-13-9-6-11;3*3-1(4)2(5)6/h2*5-6,8-9H,3-4,7,10H2,1-2H3,(H,14,16);3*(H,3,4)(H,5,6). The molecule has 0 aromatic carbocycles. The number of aliphatic carboxylic acids is 6. The van der Waals surface area contributed by atoms with Crippen molar-refractivity contribution in [2.45, 2.75) is 52.6 Å². The van der Waals surface area contributed by atoms with Crippen LogP contribution in [-0.2, 0) is 41.9 Å². The first kappa shape index (κ1) is 48.1. The van der Waals surface area contributed by atoms with Crippen LogP contribution in [0, 0.1) is 0 Å². The number of carboxylic acids is 6. The molecule has 2 rings (SSSR count). The van der Waals surface area contributed by atoms with Gasteiger partial charge >= 0.3 is 47.9 Å². The lowest BCUT2D eigenvalue weighted by molar-refractivity contribution is -0.159. The number of amides is 4. The smallest absolute Gasteiger partial charge is 0.414 e. The summed E-state index contributed by atoms with van der Waals surface area (Å²) in [6.07, 6.45) is 11.2. The van der Waals surface area contributed by atoms with Crippen molar-refractivity contribution in [1.82, 2.24) is 30.4 Å². The molecule has 0 bridgehead atoms. The maximum absolute atomic E-state index is 11.6. The van der Waals surface area contributed by atoms with Gasteiger partial charge < -0.3 is 51.1 Å². The van der Waals surface area contributed by atoms with Crippen LogP contribution in [0.5, 0.6) is 0 Å². The number of aromatic nitrogens is 2. The Kier molecular flexibility index (Phi) is 28.9. The third-order valence-corrected chi connectivity index (χ3v) is 5.19. The van der Waals surface area contributed by atoms with Crippen LogP contribution in [0.15, 0.2) is 49.1 Å². The average Bonchev–Trinajstić information content (AvgIpc) is 3.06. The van der Waals surface area contributed by atoms with E-state index in [0.717, 1.165) is 49.9 Å². The minimum atomic E-state index is -1.82.